The van der Waals surface area contributed by atoms with Crippen LogP contribution in [-0.2, 0) is 11.4 Å². The topological polar surface area (TPSA) is 46.5 Å². The molecule has 1 N–H and O–H groups in total. The highest BCUT2D eigenvalue weighted by atomic mass is 32.2. The average Bonchev–Trinajstić information content (AvgIpc) is 2.17. The molecule has 3 nitrogen and oxygen atoms in total. The lowest BCUT2D eigenvalue weighted by molar-refractivity contribution is 0.463. The van der Waals surface area contributed by atoms with Crippen LogP contribution in [0.1, 0.15) is 0 Å². The van der Waals surface area contributed by atoms with Crippen LogP contribution >= 0.6 is 11.3 Å². The summed E-state index contributed by atoms with van der Waals surface area (Å²) in [6.45, 7) is 0. The number of rotatable bonds is 2. The van der Waals surface area contributed by atoms with Crippen molar-refractivity contribution >= 4 is 22.7 Å². The molecule has 0 aromatic carbocycles. The van der Waals surface area contributed by atoms with E-state index in [1.165, 1.54) is 11.3 Å². The van der Waals surface area contributed by atoms with Crippen molar-refractivity contribution in [1.82, 2.24) is 0 Å². The molecule has 0 aliphatic heterocycles. The van der Waals surface area contributed by atoms with Crippen molar-refractivity contribution in [2.45, 2.75) is 0 Å². The van der Waals surface area contributed by atoms with E-state index in [0.717, 1.165) is 0 Å². The molecule has 0 radical (unpaired) electrons. The summed E-state index contributed by atoms with van der Waals surface area (Å²) in [6, 6.07) is 10.7. The van der Waals surface area contributed by atoms with Crippen LogP contribution in [0.4, 0.5) is 0 Å². The van der Waals surface area contributed by atoms with E-state index in [1.807, 2.05) is 18.2 Å². The Kier molecular flexibility index (Phi) is 4.45. The molecule has 1 unspecified atom stereocenters. The van der Waals surface area contributed by atoms with E-state index >= 15 is 0 Å². The van der Waals surface area contributed by atoms with Gasteiger partial charge in [-0.05, 0) is 11.4 Å². The van der Waals surface area contributed by atoms with Gasteiger partial charge in [0.1, 0.15) is 0 Å². The number of hydrogen-bond donors (Lipinski definition) is 1. The van der Waals surface area contributed by atoms with Crippen molar-refractivity contribution < 1.29 is 12.9 Å². The first-order valence-electron chi connectivity index (χ1n) is 3.45. The molecular weight excluding hydrogens is 208 g/mol. The lowest BCUT2D eigenvalue weighted by atomic mass is 10.5. The van der Waals surface area contributed by atoms with Crippen LogP contribution in [0.15, 0.2) is 41.8 Å². The van der Waals surface area contributed by atoms with Gasteiger partial charge in [-0.2, -0.15) is 4.21 Å². The van der Waals surface area contributed by atoms with Gasteiger partial charge in [0.05, 0.1) is 0 Å². The van der Waals surface area contributed by atoms with Crippen molar-refractivity contribution in [1.29, 1.82) is 0 Å². The van der Waals surface area contributed by atoms with Crippen molar-refractivity contribution in [2.75, 3.05) is 0 Å². The second-order valence-electron chi connectivity index (χ2n) is 2.00. The second-order valence-corrected chi connectivity index (χ2v) is 3.51. The Labute approximate surface area is 82.8 Å². The standard InChI is InChI=1S/C8H8O3S2/c9-13(10)11-8-6-4-2-1-3-5-7-12-8/h1-7H,(H,9,10). The highest BCUT2D eigenvalue weighted by molar-refractivity contribution is 7.74. The first kappa shape index (κ1) is 10.2. The van der Waals surface area contributed by atoms with Gasteiger partial charge in [-0.3, -0.25) is 4.55 Å². The molecule has 0 fully saturated rings. The van der Waals surface area contributed by atoms with Gasteiger partial charge in [0.2, 0.25) is 0 Å². The smallest absolute Gasteiger partial charge is 0.358 e. The Bertz CT molecular complexity index is 310. The van der Waals surface area contributed by atoms with Crippen LogP contribution in [0.3, 0.4) is 0 Å². The molecule has 1 heterocycles. The highest BCUT2D eigenvalue weighted by Crippen LogP contribution is 2.14. The maximum absolute atomic E-state index is 10.3. The molecule has 0 saturated heterocycles. The molecule has 1 aromatic rings. The first-order chi connectivity index (χ1) is 6.29. The van der Waals surface area contributed by atoms with Crippen LogP contribution in [0.5, 0.6) is 5.06 Å². The molecule has 0 aliphatic rings. The molecule has 1 aromatic heterocycles. The summed E-state index contributed by atoms with van der Waals surface area (Å²) in [5.41, 5.74) is 0. The second kappa shape index (κ2) is 5.69. The minimum atomic E-state index is -2.26. The van der Waals surface area contributed by atoms with Crippen LogP contribution in [0.25, 0.3) is 0 Å². The summed E-state index contributed by atoms with van der Waals surface area (Å²) < 4.78 is 23.4. The van der Waals surface area contributed by atoms with Crippen LogP contribution in [0, 0.1) is 0 Å². The van der Waals surface area contributed by atoms with Gasteiger partial charge < -0.3 is 4.18 Å². The summed E-state index contributed by atoms with van der Waals surface area (Å²) in [5.74, 6) is 0. The van der Waals surface area contributed by atoms with Gasteiger partial charge in [-0.1, -0.05) is 30.3 Å². The maximum atomic E-state index is 10.3. The molecule has 0 bridgehead atoms. The zero-order valence-electron chi connectivity index (χ0n) is 6.62. The van der Waals surface area contributed by atoms with Crippen LogP contribution < -0.4 is 4.18 Å². The lowest BCUT2D eigenvalue weighted by Crippen LogP contribution is -1.95. The van der Waals surface area contributed by atoms with Gasteiger partial charge in [-0.15, -0.1) is 11.3 Å². The molecule has 70 valence electrons. The minimum Gasteiger partial charge on any atom is -0.369 e. The van der Waals surface area contributed by atoms with Crippen LogP contribution in [0.2, 0.25) is 0 Å². The number of hydrogen-bond acceptors (Lipinski definition) is 3. The zero-order chi connectivity index (χ0) is 9.52. The maximum Gasteiger partial charge on any atom is 0.358 e. The van der Waals surface area contributed by atoms with E-state index in [0.29, 0.717) is 5.06 Å². The third-order valence-electron chi connectivity index (χ3n) is 1.09. The van der Waals surface area contributed by atoms with Gasteiger partial charge in [0.25, 0.3) is 0 Å². The predicted molar refractivity (Wildman–Crippen MR) is 53.3 cm³/mol. The Balaban J connectivity index is 2.97. The molecule has 0 spiro atoms. The van der Waals surface area contributed by atoms with Gasteiger partial charge in [0, 0.05) is 0 Å². The predicted octanol–water partition coefficient (Wildman–Crippen LogP) is 2.39. The van der Waals surface area contributed by atoms with E-state index in [-0.39, 0.29) is 0 Å². The summed E-state index contributed by atoms with van der Waals surface area (Å²) in [6.07, 6.45) is 0. The molecule has 5 heteroatoms. The average molecular weight is 216 g/mol. The molecule has 1 atom stereocenters. The van der Waals surface area contributed by atoms with Gasteiger partial charge in [-0.25, -0.2) is 0 Å². The van der Waals surface area contributed by atoms with Crippen molar-refractivity contribution in [3.05, 3.63) is 41.8 Å². The highest BCUT2D eigenvalue weighted by Gasteiger charge is 1.93. The molecular formula is C8H8O3S2. The minimum absolute atomic E-state index is 0.386. The summed E-state index contributed by atoms with van der Waals surface area (Å²) in [5, 5.41) is 2.15. The van der Waals surface area contributed by atoms with E-state index in [9.17, 15) is 4.21 Å². The first-order valence-corrected chi connectivity index (χ1v) is 5.36. The molecule has 1 rings (SSSR count). The van der Waals surface area contributed by atoms with Crippen molar-refractivity contribution in [3.8, 4) is 5.06 Å². The third kappa shape index (κ3) is 4.62. The zero-order valence-corrected chi connectivity index (χ0v) is 8.25. The van der Waals surface area contributed by atoms with Gasteiger partial charge in [0.15, 0.2) is 5.06 Å². The fraction of sp³-hybridized carbons (Fsp3) is 0. The Hall–Kier alpha value is -0.910. The van der Waals surface area contributed by atoms with Crippen molar-refractivity contribution in [2.24, 2.45) is 0 Å². The summed E-state index contributed by atoms with van der Waals surface area (Å²) in [7, 11) is 0. The van der Waals surface area contributed by atoms with E-state index in [1.54, 1.807) is 23.6 Å². The normalized spacial score (nSPS) is 11.5. The van der Waals surface area contributed by atoms with Crippen molar-refractivity contribution in [3.63, 3.8) is 0 Å². The molecule has 13 heavy (non-hydrogen) atoms. The van der Waals surface area contributed by atoms with E-state index < -0.39 is 11.4 Å². The van der Waals surface area contributed by atoms with E-state index in [4.69, 9.17) is 4.55 Å². The molecule has 0 amide bonds. The Morgan fingerprint density at radius 3 is 2.69 bits per heavy atom. The SMILES string of the molecule is O=S(O)Oc1cccccccs1. The van der Waals surface area contributed by atoms with E-state index in [2.05, 4.69) is 4.18 Å². The third-order valence-corrected chi connectivity index (χ3v) is 2.27. The Morgan fingerprint density at radius 1 is 1.23 bits per heavy atom. The Morgan fingerprint density at radius 2 is 1.92 bits per heavy atom. The molecule has 0 aliphatic carbocycles. The fourth-order valence-corrected chi connectivity index (χ4v) is 1.62. The monoisotopic (exact) mass is 216 g/mol. The van der Waals surface area contributed by atoms with Crippen LogP contribution in [-0.4, -0.2) is 8.76 Å². The largest absolute Gasteiger partial charge is 0.369 e. The molecule has 0 saturated carbocycles. The fourth-order valence-electron chi connectivity index (χ4n) is 0.635. The summed E-state index contributed by atoms with van der Waals surface area (Å²) >= 11 is -1.02. The van der Waals surface area contributed by atoms with Gasteiger partial charge >= 0.3 is 11.4 Å². The summed E-state index contributed by atoms with van der Waals surface area (Å²) in [4.78, 5) is 0. The quantitative estimate of drug-likeness (QED) is 0.772. The lowest BCUT2D eigenvalue weighted by Gasteiger charge is -1.93.